The number of carbonyl (C=O) groups excluding carboxylic acids is 2. The monoisotopic (exact) mass is 372 g/mol. The lowest BCUT2D eigenvalue weighted by Gasteiger charge is -2.19. The molecule has 2 aromatic rings. The Bertz CT molecular complexity index is 820. The Morgan fingerprint density at radius 3 is 2.65 bits per heavy atom. The predicted octanol–water partition coefficient (Wildman–Crippen LogP) is 3.64. The van der Waals surface area contributed by atoms with E-state index in [2.05, 4.69) is 5.32 Å². The molecule has 1 heterocycles. The number of amides is 2. The molecule has 0 aromatic heterocycles. The second-order valence-corrected chi connectivity index (χ2v) is 6.72. The number of halogens is 1. The first-order valence-electron chi connectivity index (χ1n) is 8.53. The molecular formula is C20H21ClN2O3. The number of rotatable bonds is 6. The summed E-state index contributed by atoms with van der Waals surface area (Å²) < 4.78 is 5.72. The van der Waals surface area contributed by atoms with E-state index in [1.165, 1.54) is 12.5 Å². The van der Waals surface area contributed by atoms with E-state index in [0.29, 0.717) is 30.3 Å². The summed E-state index contributed by atoms with van der Waals surface area (Å²) in [5.41, 5.74) is 2.58. The molecule has 3 rings (SSSR count). The third-order valence-electron chi connectivity index (χ3n) is 4.28. The van der Waals surface area contributed by atoms with Crippen molar-refractivity contribution in [2.75, 3.05) is 18.1 Å². The van der Waals surface area contributed by atoms with E-state index >= 15 is 0 Å². The fraction of sp³-hybridized carbons (Fsp3) is 0.300. The van der Waals surface area contributed by atoms with Crippen LogP contribution in [-0.4, -0.2) is 25.0 Å². The number of carbonyl (C=O) groups is 2. The normalized spacial score (nSPS) is 15.7. The summed E-state index contributed by atoms with van der Waals surface area (Å²) in [5.74, 6) is 0.385. The van der Waals surface area contributed by atoms with Crippen LogP contribution in [0.25, 0.3) is 0 Å². The smallest absolute Gasteiger partial charge is 0.254 e. The molecule has 2 amide bonds. The summed E-state index contributed by atoms with van der Waals surface area (Å²) in [6.45, 7) is 4.37. The molecule has 0 saturated carbocycles. The van der Waals surface area contributed by atoms with Crippen LogP contribution in [0.5, 0.6) is 5.75 Å². The fourth-order valence-electron chi connectivity index (χ4n) is 3.06. The largest absolute Gasteiger partial charge is 0.494 e. The number of anilines is 1. The molecule has 0 fully saturated rings. The molecule has 1 N–H and O–H groups in total. The lowest BCUT2D eigenvalue weighted by Crippen LogP contribution is -2.37. The van der Waals surface area contributed by atoms with Gasteiger partial charge in [-0.25, -0.2) is 0 Å². The van der Waals surface area contributed by atoms with Gasteiger partial charge >= 0.3 is 0 Å². The molecule has 1 atom stereocenters. The van der Waals surface area contributed by atoms with Crippen LogP contribution in [0.2, 0.25) is 5.02 Å². The van der Waals surface area contributed by atoms with Crippen LogP contribution < -0.4 is 15.0 Å². The van der Waals surface area contributed by atoms with Gasteiger partial charge < -0.3 is 15.0 Å². The minimum atomic E-state index is -0.681. The number of hydrogen-bond acceptors (Lipinski definition) is 3. The van der Waals surface area contributed by atoms with Gasteiger partial charge in [0, 0.05) is 19.0 Å². The minimum absolute atomic E-state index is 0.168. The molecule has 0 saturated heterocycles. The van der Waals surface area contributed by atoms with E-state index in [0.717, 1.165) is 11.3 Å². The Kier molecular flexibility index (Phi) is 5.47. The van der Waals surface area contributed by atoms with Gasteiger partial charge in [0.2, 0.25) is 5.91 Å². The van der Waals surface area contributed by atoms with Gasteiger partial charge in [-0.3, -0.25) is 9.59 Å². The van der Waals surface area contributed by atoms with E-state index in [9.17, 15) is 9.59 Å². The molecule has 1 aliphatic heterocycles. The summed E-state index contributed by atoms with van der Waals surface area (Å²) in [4.78, 5) is 25.9. The summed E-state index contributed by atoms with van der Waals surface area (Å²) in [6.07, 6.45) is 0.650. The molecule has 2 aromatic carbocycles. The van der Waals surface area contributed by atoms with Crippen molar-refractivity contribution in [2.45, 2.75) is 26.3 Å². The molecule has 0 spiro atoms. The molecule has 0 aliphatic carbocycles. The van der Waals surface area contributed by atoms with Crippen LogP contribution in [-0.2, 0) is 9.59 Å². The van der Waals surface area contributed by atoms with Crippen LogP contribution in [0.1, 0.15) is 30.5 Å². The zero-order chi connectivity index (χ0) is 18.7. The second kappa shape index (κ2) is 7.79. The molecule has 0 unspecified atom stereocenters. The third kappa shape index (κ3) is 3.83. The predicted molar refractivity (Wildman–Crippen MR) is 102 cm³/mol. The van der Waals surface area contributed by atoms with Crippen LogP contribution in [0.15, 0.2) is 42.5 Å². The van der Waals surface area contributed by atoms with Crippen molar-refractivity contribution in [1.29, 1.82) is 0 Å². The second-order valence-electron chi connectivity index (χ2n) is 6.32. The summed E-state index contributed by atoms with van der Waals surface area (Å²) in [6, 6.07) is 12.5. The Balaban J connectivity index is 1.66. The van der Waals surface area contributed by atoms with Crippen molar-refractivity contribution in [3.05, 3.63) is 58.6 Å². The number of ether oxygens (including phenoxy) is 1. The SMILES string of the molecule is CC(=O)N[C@H]1C(=O)N(CCCOc2ccc(C)cc2)c2c(Cl)cccc21. The highest BCUT2D eigenvalue weighted by Crippen LogP contribution is 2.40. The number of benzene rings is 2. The lowest BCUT2D eigenvalue weighted by atomic mass is 10.1. The van der Waals surface area contributed by atoms with Gasteiger partial charge in [0.05, 0.1) is 17.3 Å². The number of nitrogens with one attached hydrogen (secondary N) is 1. The average Bonchev–Trinajstić information content (AvgIpc) is 2.86. The maximum absolute atomic E-state index is 12.8. The van der Waals surface area contributed by atoms with E-state index in [1.807, 2.05) is 37.3 Å². The number of hydrogen-bond donors (Lipinski definition) is 1. The average molecular weight is 373 g/mol. The van der Waals surface area contributed by atoms with Crippen molar-refractivity contribution < 1.29 is 14.3 Å². The highest BCUT2D eigenvalue weighted by molar-refractivity contribution is 6.34. The van der Waals surface area contributed by atoms with Crippen LogP contribution in [0.4, 0.5) is 5.69 Å². The topological polar surface area (TPSA) is 58.6 Å². The highest BCUT2D eigenvalue weighted by atomic mass is 35.5. The molecule has 136 valence electrons. The first kappa shape index (κ1) is 18.3. The van der Waals surface area contributed by atoms with Crippen LogP contribution >= 0.6 is 11.6 Å². The van der Waals surface area contributed by atoms with Crippen molar-refractivity contribution >= 4 is 29.1 Å². The molecule has 0 radical (unpaired) electrons. The fourth-order valence-corrected chi connectivity index (χ4v) is 3.34. The van der Waals surface area contributed by atoms with Crippen LogP contribution in [0.3, 0.4) is 0 Å². The quantitative estimate of drug-likeness (QED) is 0.787. The van der Waals surface area contributed by atoms with Crippen LogP contribution in [0, 0.1) is 6.92 Å². The summed E-state index contributed by atoms with van der Waals surface area (Å²) in [5, 5.41) is 3.21. The molecule has 0 bridgehead atoms. The summed E-state index contributed by atoms with van der Waals surface area (Å²) >= 11 is 6.32. The number of fused-ring (bicyclic) bond motifs is 1. The van der Waals surface area contributed by atoms with Gasteiger partial charge in [0.1, 0.15) is 11.8 Å². The molecule has 5 nitrogen and oxygen atoms in total. The third-order valence-corrected chi connectivity index (χ3v) is 4.58. The van der Waals surface area contributed by atoms with E-state index < -0.39 is 6.04 Å². The van der Waals surface area contributed by atoms with Gasteiger partial charge in [-0.15, -0.1) is 0 Å². The Morgan fingerprint density at radius 2 is 1.96 bits per heavy atom. The maximum atomic E-state index is 12.8. The summed E-state index contributed by atoms with van der Waals surface area (Å²) in [7, 11) is 0. The number of nitrogens with zero attached hydrogens (tertiary/aromatic N) is 1. The van der Waals surface area contributed by atoms with Gasteiger partial charge in [-0.1, -0.05) is 41.4 Å². The van der Waals surface area contributed by atoms with Crippen molar-refractivity contribution in [3.63, 3.8) is 0 Å². The lowest BCUT2D eigenvalue weighted by molar-refractivity contribution is -0.126. The Morgan fingerprint density at radius 1 is 1.23 bits per heavy atom. The van der Waals surface area contributed by atoms with Crippen molar-refractivity contribution in [3.8, 4) is 5.75 Å². The molecule has 26 heavy (non-hydrogen) atoms. The first-order valence-corrected chi connectivity index (χ1v) is 8.91. The van der Waals surface area contributed by atoms with Gasteiger partial charge in [-0.2, -0.15) is 0 Å². The van der Waals surface area contributed by atoms with Crippen molar-refractivity contribution in [1.82, 2.24) is 5.32 Å². The molecule has 1 aliphatic rings. The minimum Gasteiger partial charge on any atom is -0.494 e. The number of aryl methyl sites for hydroxylation is 1. The Hall–Kier alpha value is -2.53. The van der Waals surface area contributed by atoms with E-state index in [4.69, 9.17) is 16.3 Å². The standard InChI is InChI=1S/C20H21ClN2O3/c1-13-7-9-15(10-8-13)26-12-4-11-23-19-16(5-3-6-17(19)21)18(20(23)25)22-14(2)24/h3,5-10,18H,4,11-12H2,1-2H3,(H,22,24)/t18-/m1/s1. The van der Waals surface area contributed by atoms with Crippen molar-refractivity contribution in [2.24, 2.45) is 0 Å². The highest BCUT2D eigenvalue weighted by Gasteiger charge is 2.38. The zero-order valence-corrected chi connectivity index (χ0v) is 15.5. The Labute approximate surface area is 157 Å². The van der Waals surface area contributed by atoms with Gasteiger partial charge in [0.25, 0.3) is 5.91 Å². The van der Waals surface area contributed by atoms with Gasteiger partial charge in [0.15, 0.2) is 0 Å². The first-order chi connectivity index (χ1) is 12.5. The maximum Gasteiger partial charge on any atom is 0.254 e. The zero-order valence-electron chi connectivity index (χ0n) is 14.8. The number of para-hydroxylation sites is 1. The molecule has 6 heteroatoms. The van der Waals surface area contributed by atoms with E-state index in [1.54, 1.807) is 17.0 Å². The van der Waals surface area contributed by atoms with Gasteiger partial charge in [-0.05, 0) is 31.5 Å². The molecular weight excluding hydrogens is 352 g/mol. The van der Waals surface area contributed by atoms with E-state index in [-0.39, 0.29) is 11.8 Å².